The Morgan fingerprint density at radius 1 is 1.29 bits per heavy atom. The minimum atomic E-state index is 0.645. The molecule has 1 unspecified atom stereocenters. The molecule has 0 bridgehead atoms. The van der Waals surface area contributed by atoms with E-state index < -0.39 is 0 Å². The van der Waals surface area contributed by atoms with Gasteiger partial charge in [0.15, 0.2) is 0 Å². The fourth-order valence-corrected chi connectivity index (χ4v) is 3.24. The van der Waals surface area contributed by atoms with Gasteiger partial charge < -0.3 is 0 Å². The number of rotatable bonds is 8. The molecule has 1 rings (SSSR count). The summed E-state index contributed by atoms with van der Waals surface area (Å²) in [4.78, 5) is 4.47. The summed E-state index contributed by atoms with van der Waals surface area (Å²) in [6, 6.07) is 10.8. The van der Waals surface area contributed by atoms with E-state index in [9.17, 15) is 0 Å². The van der Waals surface area contributed by atoms with Crippen molar-refractivity contribution in [3.63, 3.8) is 0 Å². The van der Waals surface area contributed by atoms with E-state index >= 15 is 0 Å². The average Bonchev–Trinajstić information content (AvgIpc) is 2.38. The quantitative estimate of drug-likeness (QED) is 0.396. The molecule has 0 radical (unpaired) electrons. The normalized spacial score (nSPS) is 13.1. The van der Waals surface area contributed by atoms with Crippen LogP contribution in [0.3, 0.4) is 0 Å². The van der Waals surface area contributed by atoms with Crippen molar-refractivity contribution in [2.45, 2.75) is 38.4 Å². The number of hydrogen-bond donors (Lipinski definition) is 0. The van der Waals surface area contributed by atoms with E-state index in [4.69, 9.17) is 0 Å². The Hall–Kier alpha value is -0.591. The van der Waals surface area contributed by atoms with Crippen LogP contribution in [0.15, 0.2) is 35.3 Å². The Kier molecular flexibility index (Phi) is 8.04. The summed E-state index contributed by atoms with van der Waals surface area (Å²) in [5.74, 6) is 0.736. The van der Waals surface area contributed by atoms with Gasteiger partial charge in [-0.25, -0.2) is 0 Å². The number of nitrogens with zero attached hydrogens (tertiary/aromatic N) is 1. The molecule has 17 heavy (non-hydrogen) atoms. The topological polar surface area (TPSA) is 12.4 Å². The molecule has 0 amide bonds. The Morgan fingerprint density at radius 2 is 2.06 bits per heavy atom. The zero-order valence-corrected chi connectivity index (χ0v) is 12.6. The fraction of sp³-hybridized carbons (Fsp3) is 0.533. The molecule has 0 aromatic heterocycles. The van der Waals surface area contributed by atoms with Gasteiger partial charge in [-0.05, 0) is 0 Å². The zero-order valence-electron chi connectivity index (χ0n) is 10.9. The number of hydrogen-bond acceptors (Lipinski definition) is 1. The number of aliphatic imine (C=N–C) groups is 1. The summed E-state index contributed by atoms with van der Waals surface area (Å²) in [5, 5.41) is 1.33. The van der Waals surface area contributed by atoms with Gasteiger partial charge >= 0.3 is 112 Å². The molecule has 1 aromatic rings. The summed E-state index contributed by atoms with van der Waals surface area (Å²) < 4.78 is 1.51. The van der Waals surface area contributed by atoms with E-state index in [1.807, 2.05) is 0 Å². The first-order chi connectivity index (χ1) is 8.33. The Balaban J connectivity index is 2.01. The molecule has 0 aliphatic heterocycles. The number of unbranched alkanes of at least 4 members (excludes halogenated alkanes) is 1. The van der Waals surface area contributed by atoms with Crippen LogP contribution >= 0.6 is 0 Å². The zero-order chi connectivity index (χ0) is 12.3. The second-order valence-corrected chi connectivity index (χ2v) is 6.82. The van der Waals surface area contributed by atoms with E-state index in [2.05, 4.69) is 55.4 Å². The molecule has 0 saturated heterocycles. The molecule has 0 aliphatic carbocycles. The van der Waals surface area contributed by atoms with Crippen molar-refractivity contribution in [1.82, 2.24) is 0 Å². The van der Waals surface area contributed by atoms with E-state index in [0.717, 1.165) is 18.9 Å². The van der Waals surface area contributed by atoms with E-state index in [-0.39, 0.29) is 0 Å². The van der Waals surface area contributed by atoms with Crippen LogP contribution in [0, 0.1) is 5.92 Å². The maximum absolute atomic E-state index is 4.47. The van der Waals surface area contributed by atoms with Crippen molar-refractivity contribution in [2.75, 3.05) is 6.54 Å². The molecular weight excluding hydrogens is 273 g/mol. The third-order valence-corrected chi connectivity index (χ3v) is 5.04. The van der Waals surface area contributed by atoms with Crippen LogP contribution in [-0.2, 0) is 0 Å². The third-order valence-electron chi connectivity index (χ3n) is 2.73. The van der Waals surface area contributed by atoms with Gasteiger partial charge in [0.05, 0.1) is 0 Å². The molecule has 0 fully saturated rings. The van der Waals surface area contributed by atoms with Crippen molar-refractivity contribution in [3.05, 3.63) is 30.3 Å². The van der Waals surface area contributed by atoms with Crippen LogP contribution in [-0.4, -0.2) is 27.7 Å². The predicted octanol–water partition coefficient (Wildman–Crippen LogP) is 3.33. The van der Waals surface area contributed by atoms with Gasteiger partial charge in [-0.3, -0.25) is 0 Å². The van der Waals surface area contributed by atoms with E-state index in [0.29, 0.717) is 15.0 Å². The molecule has 1 nitrogen and oxygen atoms in total. The average molecular weight is 296 g/mol. The third kappa shape index (κ3) is 7.36. The van der Waals surface area contributed by atoms with Crippen molar-refractivity contribution >= 4 is 25.6 Å². The van der Waals surface area contributed by atoms with Crippen LogP contribution in [0.5, 0.6) is 0 Å². The van der Waals surface area contributed by atoms with Gasteiger partial charge in [0.1, 0.15) is 0 Å². The second kappa shape index (κ2) is 9.44. The van der Waals surface area contributed by atoms with Crippen LogP contribution in [0.25, 0.3) is 0 Å². The molecule has 0 aliphatic rings. The van der Waals surface area contributed by atoms with Gasteiger partial charge in [-0.15, -0.1) is 0 Å². The summed E-state index contributed by atoms with van der Waals surface area (Å²) >= 11 is 0.645. The minimum absolute atomic E-state index is 0.645. The van der Waals surface area contributed by atoms with Crippen molar-refractivity contribution in [1.29, 1.82) is 0 Å². The van der Waals surface area contributed by atoms with Gasteiger partial charge in [-0.1, -0.05) is 0 Å². The first-order valence-electron chi connectivity index (χ1n) is 6.49. The van der Waals surface area contributed by atoms with Crippen LogP contribution in [0.2, 0.25) is 5.32 Å². The van der Waals surface area contributed by atoms with Crippen LogP contribution in [0.1, 0.15) is 33.1 Å². The first-order valence-corrected chi connectivity index (χ1v) is 8.55. The van der Waals surface area contributed by atoms with Gasteiger partial charge in [0.2, 0.25) is 0 Å². The monoisotopic (exact) mass is 297 g/mol. The summed E-state index contributed by atoms with van der Waals surface area (Å²) in [5.41, 5.74) is 0. The molecule has 1 atom stereocenters. The molecule has 0 saturated carbocycles. The fourth-order valence-electron chi connectivity index (χ4n) is 1.36. The summed E-state index contributed by atoms with van der Waals surface area (Å²) in [6.45, 7) is 5.48. The molecule has 0 spiro atoms. The molecule has 2 heteroatoms. The second-order valence-electron chi connectivity index (χ2n) is 4.36. The van der Waals surface area contributed by atoms with Gasteiger partial charge in [0.25, 0.3) is 0 Å². The Morgan fingerprint density at radius 3 is 2.76 bits per heavy atom. The van der Waals surface area contributed by atoms with E-state index in [1.54, 1.807) is 0 Å². The molecule has 1 aromatic carbocycles. The van der Waals surface area contributed by atoms with Crippen molar-refractivity contribution in [3.8, 4) is 0 Å². The molecule has 0 heterocycles. The summed E-state index contributed by atoms with van der Waals surface area (Å²) in [6.07, 6.45) is 5.77. The SMILES string of the molecule is CCC(C)CN=CCCC[Se]c1ccccc1. The molecule has 0 N–H and O–H groups in total. The molecular formula is C15H23NSe. The maximum atomic E-state index is 4.47. The van der Waals surface area contributed by atoms with Gasteiger partial charge in [0, 0.05) is 0 Å². The Labute approximate surface area is 112 Å². The van der Waals surface area contributed by atoms with Crippen LogP contribution < -0.4 is 4.46 Å². The first kappa shape index (κ1) is 14.5. The molecule has 94 valence electrons. The van der Waals surface area contributed by atoms with Gasteiger partial charge in [-0.2, -0.15) is 0 Å². The number of benzene rings is 1. The standard InChI is InChI=1S/C15H23NSe/c1-3-14(2)13-16-11-7-8-12-17-15-9-5-4-6-10-15/h4-6,9-11,14H,3,7-8,12-13H2,1-2H3. The predicted molar refractivity (Wildman–Crippen MR) is 78.7 cm³/mol. The van der Waals surface area contributed by atoms with Crippen molar-refractivity contribution in [2.24, 2.45) is 10.9 Å². The van der Waals surface area contributed by atoms with Crippen molar-refractivity contribution < 1.29 is 0 Å². The van der Waals surface area contributed by atoms with Crippen LogP contribution in [0.4, 0.5) is 0 Å². The van der Waals surface area contributed by atoms with E-state index in [1.165, 1.54) is 22.6 Å². The summed E-state index contributed by atoms with van der Waals surface area (Å²) in [7, 11) is 0. The Bertz CT molecular complexity index is 308.